The zero-order valence-corrected chi connectivity index (χ0v) is 12.7. The average molecular weight is 288 g/mol. The first kappa shape index (κ1) is 13.8. The summed E-state index contributed by atoms with van der Waals surface area (Å²) in [5, 5.41) is 10.8. The smallest absolute Gasteiger partial charge is 0.355 e. The molecule has 3 heterocycles. The van der Waals surface area contributed by atoms with Gasteiger partial charge in [0.15, 0.2) is 6.29 Å². The molecule has 3 aliphatic heterocycles. The molecule has 1 N–H and O–H groups in total. The number of hydrogen-bond acceptors (Lipinski definition) is 4. The quantitative estimate of drug-likeness (QED) is 0.820. The zero-order valence-electron chi connectivity index (χ0n) is 12.7. The van der Waals surface area contributed by atoms with Crippen molar-refractivity contribution in [2.75, 3.05) is 6.61 Å². The molecular formula is C16H21BO4. The lowest BCUT2D eigenvalue weighted by Crippen LogP contribution is -2.66. The summed E-state index contributed by atoms with van der Waals surface area (Å²) < 4.78 is 17.2. The number of aryl methyl sites for hydroxylation is 3. The van der Waals surface area contributed by atoms with E-state index in [-0.39, 0.29) is 24.5 Å². The van der Waals surface area contributed by atoms with Gasteiger partial charge in [0.2, 0.25) is 0 Å². The van der Waals surface area contributed by atoms with Crippen LogP contribution in [0, 0.1) is 26.7 Å². The maximum Gasteiger partial charge on any atom is 0.355 e. The third-order valence-corrected chi connectivity index (χ3v) is 5.08. The van der Waals surface area contributed by atoms with Gasteiger partial charge in [-0.2, -0.15) is 0 Å². The SMILES string of the molecule is Cc1cc(C)c(B(O)C2O[C@H]3[C@H]4OC[C@H](C[C@H]23)O4)c(C)c1. The monoisotopic (exact) mass is 288 g/mol. The van der Waals surface area contributed by atoms with E-state index in [2.05, 4.69) is 32.9 Å². The van der Waals surface area contributed by atoms with Gasteiger partial charge in [-0.25, -0.2) is 0 Å². The number of rotatable bonds is 2. The molecule has 0 aliphatic carbocycles. The standard InChI is InChI=1S/C16H21BO4/c1-8-4-9(2)13(10(3)5-8)17(18)15-12-6-11-7-19-16(20-11)14(12)21-15/h4-5,11-12,14-16,18H,6-7H2,1-3H3/t11-,12-,14+,15?,16-/m0/s1. The van der Waals surface area contributed by atoms with Gasteiger partial charge >= 0.3 is 6.92 Å². The Hall–Kier alpha value is -0.875. The lowest BCUT2D eigenvalue weighted by molar-refractivity contribution is -0.276. The predicted molar refractivity (Wildman–Crippen MR) is 79.6 cm³/mol. The zero-order chi connectivity index (χ0) is 14.7. The minimum Gasteiger partial charge on any atom is -0.445 e. The summed E-state index contributed by atoms with van der Waals surface area (Å²) in [5.74, 6) is 0.339. The first-order valence-corrected chi connectivity index (χ1v) is 7.73. The van der Waals surface area contributed by atoms with E-state index < -0.39 is 6.92 Å². The molecular weight excluding hydrogens is 267 g/mol. The van der Waals surface area contributed by atoms with Crippen LogP contribution in [0.1, 0.15) is 23.1 Å². The van der Waals surface area contributed by atoms with Crippen LogP contribution in [0.2, 0.25) is 0 Å². The van der Waals surface area contributed by atoms with Gasteiger partial charge in [-0.1, -0.05) is 28.8 Å². The maximum absolute atomic E-state index is 10.8. The van der Waals surface area contributed by atoms with Gasteiger partial charge in [0.25, 0.3) is 0 Å². The average Bonchev–Trinajstić information content (AvgIpc) is 2.77. The van der Waals surface area contributed by atoms with Crippen molar-refractivity contribution in [3.63, 3.8) is 0 Å². The second-order valence-corrected chi connectivity index (χ2v) is 6.68. The van der Waals surface area contributed by atoms with E-state index in [1.807, 2.05) is 0 Å². The topological polar surface area (TPSA) is 47.9 Å². The summed E-state index contributed by atoms with van der Waals surface area (Å²) in [6.45, 7) is 6.30. The van der Waals surface area contributed by atoms with E-state index in [0.29, 0.717) is 12.5 Å². The van der Waals surface area contributed by atoms with Gasteiger partial charge in [0, 0.05) is 5.92 Å². The maximum atomic E-state index is 10.8. The Bertz CT molecular complexity index is 552. The molecule has 21 heavy (non-hydrogen) atoms. The van der Waals surface area contributed by atoms with E-state index in [0.717, 1.165) is 23.0 Å². The van der Waals surface area contributed by atoms with Crippen LogP contribution < -0.4 is 5.46 Å². The summed E-state index contributed by atoms with van der Waals surface area (Å²) in [5.41, 5.74) is 4.52. The molecule has 1 aromatic carbocycles. The highest BCUT2D eigenvalue weighted by Crippen LogP contribution is 2.44. The van der Waals surface area contributed by atoms with E-state index >= 15 is 0 Å². The molecule has 4 rings (SSSR count). The molecule has 1 aromatic rings. The summed E-state index contributed by atoms with van der Waals surface area (Å²) in [6.07, 6.45) is 0.870. The molecule has 4 nitrogen and oxygen atoms in total. The summed E-state index contributed by atoms with van der Waals surface area (Å²) in [6, 6.07) is 4.11. The van der Waals surface area contributed by atoms with Crippen molar-refractivity contribution in [2.45, 2.75) is 51.7 Å². The second-order valence-electron chi connectivity index (χ2n) is 6.68. The van der Waals surface area contributed by atoms with Crippen LogP contribution in [0.5, 0.6) is 0 Å². The number of benzene rings is 1. The molecule has 0 radical (unpaired) electrons. The highest BCUT2D eigenvalue weighted by molar-refractivity contribution is 6.68. The fourth-order valence-corrected chi connectivity index (χ4v) is 4.22. The third-order valence-electron chi connectivity index (χ3n) is 5.08. The lowest BCUT2D eigenvalue weighted by Gasteiger charge is -2.50. The van der Waals surface area contributed by atoms with Crippen molar-refractivity contribution >= 4 is 12.4 Å². The van der Waals surface area contributed by atoms with Crippen molar-refractivity contribution in [2.24, 2.45) is 5.92 Å². The van der Waals surface area contributed by atoms with Gasteiger partial charge in [-0.3, -0.25) is 0 Å². The van der Waals surface area contributed by atoms with Crippen LogP contribution in [-0.4, -0.2) is 43.0 Å². The number of ether oxygens (including phenoxy) is 3. The Morgan fingerprint density at radius 2 is 1.86 bits per heavy atom. The van der Waals surface area contributed by atoms with Crippen molar-refractivity contribution in [1.82, 2.24) is 0 Å². The van der Waals surface area contributed by atoms with Crippen LogP contribution in [0.4, 0.5) is 0 Å². The van der Waals surface area contributed by atoms with Gasteiger partial charge in [0.05, 0.1) is 18.7 Å². The Labute approximate surface area is 125 Å². The Kier molecular flexibility index (Phi) is 3.16. The summed E-state index contributed by atoms with van der Waals surface area (Å²) in [4.78, 5) is 0. The van der Waals surface area contributed by atoms with Crippen LogP contribution in [-0.2, 0) is 14.2 Å². The lowest BCUT2D eigenvalue weighted by atomic mass is 9.48. The van der Waals surface area contributed by atoms with E-state index in [4.69, 9.17) is 14.2 Å². The molecule has 2 bridgehead atoms. The van der Waals surface area contributed by atoms with Crippen LogP contribution in [0.3, 0.4) is 0 Å². The van der Waals surface area contributed by atoms with Gasteiger partial charge in [0.1, 0.15) is 6.10 Å². The molecule has 0 saturated carbocycles. The fraction of sp³-hybridized carbons (Fsp3) is 0.625. The Morgan fingerprint density at radius 3 is 2.57 bits per heavy atom. The second kappa shape index (κ2) is 4.81. The highest BCUT2D eigenvalue weighted by atomic mass is 16.7. The molecule has 112 valence electrons. The minimum absolute atomic E-state index is 0.00513. The van der Waals surface area contributed by atoms with Crippen LogP contribution in [0.15, 0.2) is 12.1 Å². The van der Waals surface area contributed by atoms with Crippen molar-refractivity contribution in [3.05, 3.63) is 28.8 Å². The summed E-state index contributed by atoms with van der Waals surface area (Å²) in [7, 11) is 0. The van der Waals surface area contributed by atoms with Gasteiger partial charge in [-0.05, 0) is 32.7 Å². The fourth-order valence-electron chi connectivity index (χ4n) is 4.22. The third kappa shape index (κ3) is 2.06. The molecule has 0 aromatic heterocycles. The molecule has 0 spiro atoms. The first-order valence-electron chi connectivity index (χ1n) is 7.73. The number of fused-ring (bicyclic) bond motifs is 4. The Morgan fingerprint density at radius 1 is 1.14 bits per heavy atom. The first-order chi connectivity index (χ1) is 10.0. The molecule has 1 unspecified atom stereocenters. The number of hydrogen-bond donors (Lipinski definition) is 1. The normalized spacial score (nSPS) is 37.0. The van der Waals surface area contributed by atoms with Crippen LogP contribution >= 0.6 is 0 Å². The molecule has 3 aliphatic rings. The Balaban J connectivity index is 1.58. The van der Waals surface area contributed by atoms with E-state index in [1.165, 1.54) is 5.56 Å². The van der Waals surface area contributed by atoms with E-state index in [9.17, 15) is 5.02 Å². The molecule has 3 fully saturated rings. The predicted octanol–water partition coefficient (Wildman–Crippen LogP) is 0.871. The van der Waals surface area contributed by atoms with Crippen molar-refractivity contribution in [1.29, 1.82) is 0 Å². The minimum atomic E-state index is -0.565. The van der Waals surface area contributed by atoms with Crippen LogP contribution in [0.25, 0.3) is 0 Å². The molecule has 3 saturated heterocycles. The van der Waals surface area contributed by atoms with Gasteiger partial charge in [-0.15, -0.1) is 0 Å². The van der Waals surface area contributed by atoms with Crippen molar-refractivity contribution < 1.29 is 19.2 Å². The largest absolute Gasteiger partial charge is 0.445 e. The molecule has 0 amide bonds. The summed E-state index contributed by atoms with van der Waals surface area (Å²) >= 11 is 0. The van der Waals surface area contributed by atoms with Crippen molar-refractivity contribution in [3.8, 4) is 0 Å². The van der Waals surface area contributed by atoms with E-state index in [1.54, 1.807) is 0 Å². The van der Waals surface area contributed by atoms with Gasteiger partial charge < -0.3 is 19.2 Å². The highest BCUT2D eigenvalue weighted by Gasteiger charge is 2.58. The molecule has 5 atom stereocenters. The molecule has 5 heteroatoms.